The summed E-state index contributed by atoms with van der Waals surface area (Å²) in [6, 6.07) is 0. The van der Waals surface area contributed by atoms with E-state index in [0.717, 1.165) is 19.3 Å². The van der Waals surface area contributed by atoms with E-state index in [1.54, 1.807) is 0 Å². The van der Waals surface area contributed by atoms with Gasteiger partial charge in [0.05, 0.1) is 0 Å². The minimum atomic E-state index is -1.14. The molecule has 0 spiro atoms. The van der Waals surface area contributed by atoms with Crippen molar-refractivity contribution in [2.24, 2.45) is 0 Å². The van der Waals surface area contributed by atoms with E-state index in [1.165, 1.54) is 18.9 Å². The molecule has 24 heavy (non-hydrogen) atoms. The van der Waals surface area contributed by atoms with Crippen molar-refractivity contribution in [3.8, 4) is 0 Å². The smallest absolute Gasteiger partial charge is 0.329 e. The van der Waals surface area contributed by atoms with Crippen molar-refractivity contribution in [2.75, 3.05) is 20.1 Å². The maximum atomic E-state index is 12.3. The Kier molecular flexibility index (Phi) is 7.67. The first-order valence-corrected chi connectivity index (χ1v) is 8.31. The molecule has 1 aliphatic carbocycles. The van der Waals surface area contributed by atoms with Gasteiger partial charge in [0.25, 0.3) is 0 Å². The number of carboxylic acids is 1. The van der Waals surface area contributed by atoms with Crippen LogP contribution in [0.3, 0.4) is 0 Å². The van der Waals surface area contributed by atoms with Gasteiger partial charge in [-0.15, -0.1) is 0 Å². The van der Waals surface area contributed by atoms with Crippen molar-refractivity contribution in [2.45, 2.75) is 57.4 Å². The maximum Gasteiger partial charge on any atom is 0.329 e. The van der Waals surface area contributed by atoms with Crippen molar-refractivity contribution < 1.29 is 24.3 Å². The van der Waals surface area contributed by atoms with Gasteiger partial charge in [0.15, 0.2) is 0 Å². The summed E-state index contributed by atoms with van der Waals surface area (Å²) in [5.41, 5.74) is -1.14. The highest BCUT2D eigenvalue weighted by molar-refractivity contribution is 5.89. The van der Waals surface area contributed by atoms with Gasteiger partial charge in [-0.1, -0.05) is 19.3 Å². The molecule has 1 rings (SSSR count). The highest BCUT2D eigenvalue weighted by Crippen LogP contribution is 2.33. The number of nitrogens with zero attached hydrogens (tertiary/aromatic N) is 1. The van der Waals surface area contributed by atoms with Crippen molar-refractivity contribution in [1.29, 1.82) is 0 Å². The monoisotopic (exact) mass is 341 g/mol. The van der Waals surface area contributed by atoms with E-state index in [4.69, 9.17) is 0 Å². The van der Waals surface area contributed by atoms with Crippen molar-refractivity contribution in [3.05, 3.63) is 0 Å². The fraction of sp³-hybridized carbons (Fsp3) is 0.750. The minimum Gasteiger partial charge on any atom is -0.479 e. The average molecular weight is 341 g/mol. The summed E-state index contributed by atoms with van der Waals surface area (Å²) in [7, 11) is 1.51. The number of hydrogen-bond donors (Lipinski definition) is 3. The van der Waals surface area contributed by atoms with E-state index in [0.29, 0.717) is 25.9 Å². The first-order valence-electron chi connectivity index (χ1n) is 8.31. The lowest BCUT2D eigenvalue weighted by Gasteiger charge is -2.41. The Labute approximate surface area is 142 Å². The van der Waals surface area contributed by atoms with E-state index in [9.17, 15) is 24.3 Å². The number of aliphatic carboxylic acids is 1. The number of carboxylic acid groups (broad SMARTS) is 1. The molecule has 3 N–H and O–H groups in total. The zero-order valence-corrected chi connectivity index (χ0v) is 14.4. The van der Waals surface area contributed by atoms with Gasteiger partial charge in [-0.25, -0.2) is 4.79 Å². The molecule has 0 atom stereocenters. The average Bonchev–Trinajstić information content (AvgIpc) is 2.56. The van der Waals surface area contributed by atoms with Gasteiger partial charge in [-0.3, -0.25) is 14.4 Å². The second kappa shape index (κ2) is 9.24. The summed E-state index contributed by atoms with van der Waals surface area (Å²) in [4.78, 5) is 47.7. The fourth-order valence-electron chi connectivity index (χ4n) is 2.99. The van der Waals surface area contributed by atoms with E-state index < -0.39 is 11.5 Å². The van der Waals surface area contributed by atoms with Gasteiger partial charge in [0, 0.05) is 39.9 Å². The molecule has 0 heterocycles. The molecule has 0 aliphatic heterocycles. The molecular formula is C16H27N3O5. The Bertz CT molecular complexity index is 486. The SMILES string of the molecule is CC(=O)NCCNC(=O)CCC(=O)N(C)C1(C(=O)O)CCCCC1. The van der Waals surface area contributed by atoms with Crippen LogP contribution in [0.2, 0.25) is 0 Å². The number of rotatable bonds is 8. The predicted molar refractivity (Wildman–Crippen MR) is 87.1 cm³/mol. The lowest BCUT2D eigenvalue weighted by molar-refractivity contribution is -0.160. The number of nitrogens with one attached hydrogen (secondary N) is 2. The largest absolute Gasteiger partial charge is 0.479 e. The fourth-order valence-corrected chi connectivity index (χ4v) is 2.99. The zero-order valence-electron chi connectivity index (χ0n) is 14.4. The number of likely N-dealkylation sites (N-methyl/N-ethyl adjacent to an activating group) is 1. The van der Waals surface area contributed by atoms with Gasteiger partial charge in [-0.2, -0.15) is 0 Å². The minimum absolute atomic E-state index is 0.00105. The van der Waals surface area contributed by atoms with Crippen molar-refractivity contribution in [1.82, 2.24) is 15.5 Å². The number of hydrogen-bond acceptors (Lipinski definition) is 4. The Balaban J connectivity index is 2.44. The molecule has 0 unspecified atom stereocenters. The van der Waals surface area contributed by atoms with Crippen LogP contribution in [-0.2, 0) is 19.2 Å². The third-order valence-electron chi connectivity index (χ3n) is 4.48. The molecule has 136 valence electrons. The van der Waals surface area contributed by atoms with Crippen LogP contribution in [0.5, 0.6) is 0 Å². The van der Waals surface area contributed by atoms with Crippen LogP contribution in [0.1, 0.15) is 51.9 Å². The van der Waals surface area contributed by atoms with Crippen LogP contribution in [0.15, 0.2) is 0 Å². The van der Waals surface area contributed by atoms with Gasteiger partial charge < -0.3 is 20.6 Å². The standard InChI is InChI=1S/C16H27N3O5/c1-12(20)17-10-11-18-13(21)6-7-14(22)19(2)16(15(23)24)8-4-3-5-9-16/h3-11H2,1-2H3,(H,17,20)(H,18,21)(H,23,24). The highest BCUT2D eigenvalue weighted by atomic mass is 16.4. The Morgan fingerprint density at radius 3 is 2.12 bits per heavy atom. The Morgan fingerprint density at radius 1 is 1.00 bits per heavy atom. The Morgan fingerprint density at radius 2 is 1.58 bits per heavy atom. The number of carbonyl (C=O) groups excluding carboxylic acids is 3. The molecular weight excluding hydrogens is 314 g/mol. The van der Waals surface area contributed by atoms with Crippen LogP contribution in [0.25, 0.3) is 0 Å². The zero-order chi connectivity index (χ0) is 18.2. The van der Waals surface area contributed by atoms with Crippen LogP contribution in [0, 0.1) is 0 Å². The van der Waals surface area contributed by atoms with Crippen molar-refractivity contribution >= 4 is 23.7 Å². The predicted octanol–water partition coefficient (Wildman–Crippen LogP) is 0.265. The molecule has 0 radical (unpaired) electrons. The van der Waals surface area contributed by atoms with Gasteiger partial charge in [0.1, 0.15) is 5.54 Å². The van der Waals surface area contributed by atoms with Crippen LogP contribution < -0.4 is 10.6 Å². The Hall–Kier alpha value is -2.12. The van der Waals surface area contributed by atoms with E-state index in [-0.39, 0.29) is 30.6 Å². The second-order valence-electron chi connectivity index (χ2n) is 6.18. The summed E-state index contributed by atoms with van der Waals surface area (Å²) in [5.74, 6) is -1.78. The molecule has 1 aliphatic rings. The summed E-state index contributed by atoms with van der Waals surface area (Å²) >= 11 is 0. The normalized spacial score (nSPS) is 16.1. The molecule has 0 aromatic carbocycles. The molecule has 1 fully saturated rings. The highest BCUT2D eigenvalue weighted by Gasteiger charge is 2.45. The van der Waals surface area contributed by atoms with Crippen LogP contribution in [0.4, 0.5) is 0 Å². The molecule has 3 amide bonds. The van der Waals surface area contributed by atoms with Gasteiger partial charge in [-0.05, 0) is 12.8 Å². The maximum absolute atomic E-state index is 12.3. The third-order valence-corrected chi connectivity index (χ3v) is 4.48. The van der Waals surface area contributed by atoms with Crippen LogP contribution in [-0.4, -0.2) is 59.4 Å². The van der Waals surface area contributed by atoms with Gasteiger partial charge >= 0.3 is 5.97 Å². The summed E-state index contributed by atoms with van der Waals surface area (Å²) < 4.78 is 0. The lowest BCUT2D eigenvalue weighted by Crippen LogP contribution is -2.56. The summed E-state index contributed by atoms with van der Waals surface area (Å²) in [5, 5.41) is 14.7. The second-order valence-corrected chi connectivity index (χ2v) is 6.18. The van der Waals surface area contributed by atoms with Gasteiger partial charge in [0.2, 0.25) is 17.7 Å². The molecule has 0 bridgehead atoms. The molecule has 1 saturated carbocycles. The van der Waals surface area contributed by atoms with E-state index in [2.05, 4.69) is 10.6 Å². The first kappa shape index (κ1) is 19.9. The number of amides is 3. The molecule has 8 nitrogen and oxygen atoms in total. The third kappa shape index (κ3) is 5.50. The first-order chi connectivity index (χ1) is 11.3. The van der Waals surface area contributed by atoms with E-state index in [1.807, 2.05) is 0 Å². The summed E-state index contributed by atoms with van der Waals surface area (Å²) in [6.45, 7) is 2.01. The molecule has 0 saturated heterocycles. The molecule has 8 heteroatoms. The topological polar surface area (TPSA) is 116 Å². The molecule has 0 aromatic heterocycles. The quantitative estimate of drug-likeness (QED) is 0.548. The number of carbonyl (C=O) groups is 4. The molecule has 0 aromatic rings. The van der Waals surface area contributed by atoms with Crippen LogP contribution >= 0.6 is 0 Å². The van der Waals surface area contributed by atoms with E-state index >= 15 is 0 Å². The lowest BCUT2D eigenvalue weighted by atomic mass is 9.80. The summed E-state index contributed by atoms with van der Waals surface area (Å²) in [6.07, 6.45) is 3.42. The van der Waals surface area contributed by atoms with Crippen molar-refractivity contribution in [3.63, 3.8) is 0 Å².